The summed E-state index contributed by atoms with van der Waals surface area (Å²) in [6, 6.07) is 8.27. The number of nitrogens with two attached hydrogens (primary N) is 1. The molecular formula is C14H15N3O. The van der Waals surface area contributed by atoms with Gasteiger partial charge >= 0.3 is 0 Å². The molecule has 4 heteroatoms. The number of nitrogens with zero attached hydrogens (tertiary/aromatic N) is 1. The highest BCUT2D eigenvalue weighted by atomic mass is 16.1. The molecule has 4 nitrogen and oxygen atoms in total. The van der Waals surface area contributed by atoms with Crippen molar-refractivity contribution < 1.29 is 4.79 Å². The quantitative estimate of drug-likeness (QED) is 0.805. The summed E-state index contributed by atoms with van der Waals surface area (Å²) in [6.07, 6.45) is 5.71. The Balaban J connectivity index is 2.32. The number of primary amides is 1. The number of hydrogen-bond acceptors (Lipinski definition) is 2. The van der Waals surface area contributed by atoms with Crippen LogP contribution in [0, 0.1) is 0 Å². The van der Waals surface area contributed by atoms with Crippen LogP contribution in [0.1, 0.15) is 18.2 Å². The molecule has 0 radical (unpaired) electrons. The molecule has 1 aromatic carbocycles. The number of nitrogens with one attached hydrogen (secondary N) is 1. The summed E-state index contributed by atoms with van der Waals surface area (Å²) in [5.74, 6) is -0.475. The van der Waals surface area contributed by atoms with E-state index in [9.17, 15) is 4.79 Å². The Morgan fingerprint density at radius 2 is 2.11 bits per heavy atom. The molecule has 2 aromatic rings. The lowest BCUT2D eigenvalue weighted by atomic mass is 10.0. The molecule has 0 saturated heterocycles. The Labute approximate surface area is 106 Å². The van der Waals surface area contributed by atoms with Crippen LogP contribution in [0.4, 0.5) is 0 Å². The second-order valence-electron chi connectivity index (χ2n) is 3.98. The molecule has 0 spiro atoms. The molecule has 92 valence electrons. The molecule has 0 unspecified atom stereocenters. The standard InChI is InChI=1S/C14H15N3O/c1-2-10-3-5-11(6-4-10)12-9-16-17-13(12)7-8-14(15)18/h3-9H,2H2,1H3,(H2,15,18)(H,16,17)/b8-7-. The molecule has 0 aliphatic heterocycles. The van der Waals surface area contributed by atoms with Crippen LogP contribution < -0.4 is 5.73 Å². The summed E-state index contributed by atoms with van der Waals surface area (Å²) in [6.45, 7) is 2.12. The van der Waals surface area contributed by atoms with Crippen LogP contribution in [0.25, 0.3) is 17.2 Å². The highest BCUT2D eigenvalue weighted by Gasteiger charge is 2.05. The summed E-state index contributed by atoms with van der Waals surface area (Å²) in [4.78, 5) is 10.7. The van der Waals surface area contributed by atoms with E-state index in [2.05, 4.69) is 29.3 Å². The summed E-state index contributed by atoms with van der Waals surface area (Å²) < 4.78 is 0. The molecule has 0 fully saturated rings. The monoisotopic (exact) mass is 241 g/mol. The fourth-order valence-electron chi connectivity index (χ4n) is 1.74. The van der Waals surface area contributed by atoms with Crippen LogP contribution in [-0.4, -0.2) is 16.1 Å². The van der Waals surface area contributed by atoms with Crippen molar-refractivity contribution in [3.63, 3.8) is 0 Å². The van der Waals surface area contributed by atoms with Crippen LogP contribution in [-0.2, 0) is 11.2 Å². The van der Waals surface area contributed by atoms with Gasteiger partial charge in [-0.2, -0.15) is 5.10 Å². The first kappa shape index (κ1) is 12.1. The molecule has 0 aliphatic carbocycles. The highest BCUT2D eigenvalue weighted by molar-refractivity contribution is 5.91. The fraction of sp³-hybridized carbons (Fsp3) is 0.143. The van der Waals surface area contributed by atoms with Gasteiger partial charge in [-0.15, -0.1) is 0 Å². The van der Waals surface area contributed by atoms with Crippen LogP contribution in [0.15, 0.2) is 36.5 Å². The van der Waals surface area contributed by atoms with E-state index in [0.29, 0.717) is 0 Å². The molecule has 0 atom stereocenters. The van der Waals surface area contributed by atoms with E-state index >= 15 is 0 Å². The summed E-state index contributed by atoms with van der Waals surface area (Å²) in [5, 5.41) is 6.83. The molecule has 18 heavy (non-hydrogen) atoms. The third-order valence-corrected chi connectivity index (χ3v) is 2.76. The SMILES string of the molecule is CCc1ccc(-c2cn[nH]c2/C=C\C(N)=O)cc1. The van der Waals surface area contributed by atoms with Crippen molar-refractivity contribution in [2.75, 3.05) is 0 Å². The van der Waals surface area contributed by atoms with Crippen LogP contribution in [0.3, 0.4) is 0 Å². The van der Waals surface area contributed by atoms with Crippen molar-refractivity contribution in [2.24, 2.45) is 5.73 Å². The normalized spacial score (nSPS) is 10.9. The van der Waals surface area contributed by atoms with Gasteiger partial charge in [-0.3, -0.25) is 9.89 Å². The van der Waals surface area contributed by atoms with Gasteiger partial charge in [0.25, 0.3) is 0 Å². The summed E-state index contributed by atoms with van der Waals surface area (Å²) >= 11 is 0. The average molecular weight is 241 g/mol. The molecule has 3 N–H and O–H groups in total. The molecule has 0 saturated carbocycles. The van der Waals surface area contributed by atoms with E-state index in [1.807, 2.05) is 12.1 Å². The van der Waals surface area contributed by atoms with Crippen molar-refractivity contribution in [3.05, 3.63) is 47.8 Å². The number of amides is 1. The first-order chi connectivity index (χ1) is 8.70. The van der Waals surface area contributed by atoms with Gasteiger partial charge in [0.05, 0.1) is 11.9 Å². The van der Waals surface area contributed by atoms with Gasteiger partial charge in [0.1, 0.15) is 0 Å². The lowest BCUT2D eigenvalue weighted by molar-refractivity contribution is -0.113. The van der Waals surface area contributed by atoms with Crippen LogP contribution in [0.5, 0.6) is 0 Å². The van der Waals surface area contributed by atoms with Gasteiger partial charge in [-0.1, -0.05) is 31.2 Å². The van der Waals surface area contributed by atoms with Gasteiger partial charge in [0.15, 0.2) is 0 Å². The number of aromatic nitrogens is 2. The second-order valence-corrected chi connectivity index (χ2v) is 3.98. The Bertz CT molecular complexity index is 567. The minimum atomic E-state index is -0.475. The number of carbonyl (C=O) groups excluding carboxylic acids is 1. The van der Waals surface area contributed by atoms with Crippen LogP contribution >= 0.6 is 0 Å². The van der Waals surface area contributed by atoms with Crippen molar-refractivity contribution >= 4 is 12.0 Å². The predicted molar refractivity (Wildman–Crippen MR) is 71.6 cm³/mol. The topological polar surface area (TPSA) is 71.8 Å². The molecule has 1 amide bonds. The summed E-state index contributed by atoms with van der Waals surface area (Å²) in [7, 11) is 0. The van der Waals surface area contributed by atoms with E-state index in [0.717, 1.165) is 23.2 Å². The van der Waals surface area contributed by atoms with Crippen molar-refractivity contribution in [2.45, 2.75) is 13.3 Å². The van der Waals surface area contributed by atoms with E-state index in [-0.39, 0.29) is 0 Å². The van der Waals surface area contributed by atoms with Gasteiger partial charge in [0, 0.05) is 11.6 Å². The number of rotatable bonds is 4. The fourth-order valence-corrected chi connectivity index (χ4v) is 1.74. The Morgan fingerprint density at radius 3 is 2.72 bits per heavy atom. The van der Waals surface area contributed by atoms with E-state index in [1.165, 1.54) is 11.6 Å². The lowest BCUT2D eigenvalue weighted by Gasteiger charge is -2.01. The maximum atomic E-state index is 10.7. The minimum absolute atomic E-state index is 0.475. The number of carbonyl (C=O) groups is 1. The molecule has 1 heterocycles. The highest BCUT2D eigenvalue weighted by Crippen LogP contribution is 2.23. The molecular weight excluding hydrogens is 226 g/mol. The smallest absolute Gasteiger partial charge is 0.241 e. The summed E-state index contributed by atoms with van der Waals surface area (Å²) in [5.41, 5.74) is 9.15. The predicted octanol–water partition coefficient (Wildman–Crippen LogP) is 2.14. The number of H-pyrrole nitrogens is 1. The van der Waals surface area contributed by atoms with Gasteiger partial charge < -0.3 is 5.73 Å². The van der Waals surface area contributed by atoms with Crippen LogP contribution in [0.2, 0.25) is 0 Å². The average Bonchev–Trinajstić information content (AvgIpc) is 2.85. The molecule has 0 aliphatic rings. The zero-order chi connectivity index (χ0) is 13.0. The van der Waals surface area contributed by atoms with Crippen molar-refractivity contribution in [1.29, 1.82) is 0 Å². The first-order valence-electron chi connectivity index (χ1n) is 5.81. The second kappa shape index (κ2) is 5.31. The van der Waals surface area contributed by atoms with Gasteiger partial charge in [-0.05, 0) is 23.6 Å². The maximum absolute atomic E-state index is 10.7. The number of hydrogen-bond donors (Lipinski definition) is 2. The third kappa shape index (κ3) is 2.66. The molecule has 0 bridgehead atoms. The zero-order valence-corrected chi connectivity index (χ0v) is 10.2. The first-order valence-corrected chi connectivity index (χ1v) is 5.81. The maximum Gasteiger partial charge on any atom is 0.241 e. The van der Waals surface area contributed by atoms with E-state index in [1.54, 1.807) is 12.3 Å². The van der Waals surface area contributed by atoms with Gasteiger partial charge in [-0.25, -0.2) is 0 Å². The number of aryl methyl sites for hydroxylation is 1. The minimum Gasteiger partial charge on any atom is -0.366 e. The third-order valence-electron chi connectivity index (χ3n) is 2.76. The number of aromatic amines is 1. The number of benzene rings is 1. The molecule has 2 rings (SSSR count). The molecule has 1 aromatic heterocycles. The lowest BCUT2D eigenvalue weighted by Crippen LogP contribution is -2.05. The largest absolute Gasteiger partial charge is 0.366 e. The van der Waals surface area contributed by atoms with Gasteiger partial charge in [0.2, 0.25) is 5.91 Å². The zero-order valence-electron chi connectivity index (χ0n) is 10.2. The Hall–Kier alpha value is -2.36. The van der Waals surface area contributed by atoms with E-state index < -0.39 is 5.91 Å². The Kier molecular flexibility index (Phi) is 3.57. The van der Waals surface area contributed by atoms with Crippen molar-refractivity contribution in [1.82, 2.24) is 10.2 Å². The van der Waals surface area contributed by atoms with E-state index in [4.69, 9.17) is 5.73 Å². The Morgan fingerprint density at radius 1 is 1.39 bits per heavy atom. The van der Waals surface area contributed by atoms with Crippen molar-refractivity contribution in [3.8, 4) is 11.1 Å².